The van der Waals surface area contributed by atoms with E-state index in [2.05, 4.69) is 39.0 Å². The average Bonchev–Trinajstić information content (AvgIpc) is 2.56. The number of rotatable bonds is 2. The van der Waals surface area contributed by atoms with E-state index in [1.165, 1.54) is 10.4 Å². The smallest absolute Gasteiger partial charge is 0.129 e. The van der Waals surface area contributed by atoms with Crippen LogP contribution in [0.1, 0.15) is 16.0 Å². The largest absolute Gasteiger partial charge is 0.496 e. The molecule has 0 saturated carbocycles. The van der Waals surface area contributed by atoms with E-state index < -0.39 is 0 Å². The third-order valence-electron chi connectivity index (χ3n) is 2.80. The first-order valence-electron chi connectivity index (χ1n) is 5.54. The quantitative estimate of drug-likeness (QED) is 0.872. The van der Waals surface area contributed by atoms with Crippen molar-refractivity contribution in [3.8, 4) is 16.9 Å². The topological polar surface area (TPSA) is 35.2 Å². The van der Waals surface area contributed by atoms with Gasteiger partial charge < -0.3 is 10.5 Å². The molecule has 0 aliphatic rings. The Morgan fingerprint density at radius 3 is 2.29 bits per heavy atom. The number of ether oxygens (including phenoxy) is 1. The molecule has 0 unspecified atom stereocenters. The Morgan fingerprint density at radius 2 is 1.76 bits per heavy atom. The summed E-state index contributed by atoms with van der Waals surface area (Å²) < 4.78 is 5.50. The number of benzene rings is 1. The number of nitrogen functional groups attached to an aromatic ring is 1. The van der Waals surface area contributed by atoms with Crippen LogP contribution in [0.3, 0.4) is 0 Å². The van der Waals surface area contributed by atoms with E-state index in [1.807, 2.05) is 0 Å². The maximum absolute atomic E-state index is 6.06. The molecule has 2 rings (SSSR count). The van der Waals surface area contributed by atoms with Gasteiger partial charge in [0.15, 0.2) is 0 Å². The molecule has 0 aliphatic heterocycles. The highest BCUT2D eigenvalue weighted by molar-refractivity contribution is 7.16. The van der Waals surface area contributed by atoms with E-state index in [0.29, 0.717) is 0 Å². The summed E-state index contributed by atoms with van der Waals surface area (Å²) in [5.41, 5.74) is 10.6. The van der Waals surface area contributed by atoms with Gasteiger partial charge in [0.1, 0.15) is 5.75 Å². The lowest BCUT2D eigenvalue weighted by Gasteiger charge is -2.12. The van der Waals surface area contributed by atoms with E-state index in [1.54, 1.807) is 18.4 Å². The van der Waals surface area contributed by atoms with Gasteiger partial charge in [-0.25, -0.2) is 0 Å². The summed E-state index contributed by atoms with van der Waals surface area (Å²) in [6, 6.07) is 6.37. The van der Waals surface area contributed by atoms with Crippen molar-refractivity contribution in [2.75, 3.05) is 12.8 Å². The van der Waals surface area contributed by atoms with Crippen molar-refractivity contribution in [2.45, 2.75) is 20.8 Å². The van der Waals surface area contributed by atoms with Crippen molar-refractivity contribution < 1.29 is 4.74 Å². The first-order valence-corrected chi connectivity index (χ1v) is 6.36. The van der Waals surface area contributed by atoms with Gasteiger partial charge in [-0.15, -0.1) is 11.3 Å². The Kier molecular flexibility index (Phi) is 3.11. The molecule has 1 aromatic carbocycles. The van der Waals surface area contributed by atoms with Crippen LogP contribution in [-0.4, -0.2) is 7.11 Å². The molecule has 2 nitrogen and oxygen atoms in total. The minimum absolute atomic E-state index is 0.853. The highest BCUT2D eigenvalue weighted by atomic mass is 32.1. The van der Waals surface area contributed by atoms with E-state index >= 15 is 0 Å². The van der Waals surface area contributed by atoms with Crippen LogP contribution in [0.25, 0.3) is 11.1 Å². The number of nitrogens with two attached hydrogens (primary N) is 1. The van der Waals surface area contributed by atoms with Gasteiger partial charge in [-0.2, -0.15) is 0 Å². The Balaban J connectivity index is 2.69. The van der Waals surface area contributed by atoms with Gasteiger partial charge in [0.25, 0.3) is 0 Å². The second-order valence-corrected chi connectivity index (χ2v) is 5.59. The average molecular weight is 247 g/mol. The summed E-state index contributed by atoms with van der Waals surface area (Å²) in [5, 5.41) is 0.853. The van der Waals surface area contributed by atoms with Crippen LogP contribution in [-0.2, 0) is 0 Å². The summed E-state index contributed by atoms with van der Waals surface area (Å²) in [5.74, 6) is 0.917. The van der Waals surface area contributed by atoms with Crippen LogP contribution in [0.5, 0.6) is 5.75 Å². The van der Waals surface area contributed by atoms with Gasteiger partial charge in [-0.05, 0) is 44.0 Å². The molecule has 3 heteroatoms. The summed E-state index contributed by atoms with van der Waals surface area (Å²) in [4.78, 5) is 1.22. The van der Waals surface area contributed by atoms with Gasteiger partial charge >= 0.3 is 0 Å². The molecule has 0 amide bonds. The molecule has 2 N–H and O–H groups in total. The molecular weight excluding hydrogens is 230 g/mol. The minimum atomic E-state index is 0.853. The molecule has 0 radical (unpaired) electrons. The maximum atomic E-state index is 6.06. The van der Waals surface area contributed by atoms with E-state index in [9.17, 15) is 0 Å². The maximum Gasteiger partial charge on any atom is 0.129 e. The molecule has 1 heterocycles. The number of anilines is 1. The molecule has 0 spiro atoms. The zero-order chi connectivity index (χ0) is 12.6. The standard InChI is InChI=1S/C14H17NOS/c1-8-5-9(2)13(16-4)11(6-8)12-7-10(3)17-14(12)15/h5-7H,15H2,1-4H3. The number of aryl methyl sites for hydroxylation is 3. The Labute approximate surface area is 106 Å². The fourth-order valence-electron chi connectivity index (χ4n) is 2.17. The molecule has 0 fully saturated rings. The van der Waals surface area contributed by atoms with Gasteiger partial charge in [0, 0.05) is 16.0 Å². The lowest BCUT2D eigenvalue weighted by molar-refractivity contribution is 0.413. The van der Waals surface area contributed by atoms with Gasteiger partial charge in [-0.1, -0.05) is 6.07 Å². The normalized spacial score (nSPS) is 10.6. The number of methoxy groups -OCH3 is 1. The molecule has 0 aliphatic carbocycles. The van der Waals surface area contributed by atoms with E-state index in [4.69, 9.17) is 10.5 Å². The molecule has 90 valence electrons. The minimum Gasteiger partial charge on any atom is -0.496 e. The van der Waals surface area contributed by atoms with Crippen LogP contribution in [0.4, 0.5) is 5.00 Å². The Hall–Kier alpha value is -1.48. The summed E-state index contributed by atoms with van der Waals surface area (Å²) in [6.07, 6.45) is 0. The number of hydrogen-bond acceptors (Lipinski definition) is 3. The molecule has 17 heavy (non-hydrogen) atoms. The highest BCUT2D eigenvalue weighted by Gasteiger charge is 2.14. The highest BCUT2D eigenvalue weighted by Crippen LogP contribution is 2.40. The third kappa shape index (κ3) is 2.15. The van der Waals surface area contributed by atoms with Crippen LogP contribution in [0.15, 0.2) is 18.2 Å². The van der Waals surface area contributed by atoms with Crippen molar-refractivity contribution in [3.63, 3.8) is 0 Å². The second kappa shape index (κ2) is 4.41. The number of thiophene rings is 1. The monoisotopic (exact) mass is 247 g/mol. The summed E-state index contributed by atoms with van der Waals surface area (Å²) >= 11 is 1.62. The lowest BCUT2D eigenvalue weighted by Crippen LogP contribution is -1.93. The lowest BCUT2D eigenvalue weighted by atomic mass is 10.0. The number of hydrogen-bond donors (Lipinski definition) is 1. The third-order valence-corrected chi connectivity index (χ3v) is 3.68. The molecule has 0 saturated heterocycles. The van der Waals surface area contributed by atoms with Gasteiger partial charge in [-0.3, -0.25) is 0 Å². The van der Waals surface area contributed by atoms with Crippen LogP contribution < -0.4 is 10.5 Å². The van der Waals surface area contributed by atoms with E-state index in [-0.39, 0.29) is 0 Å². The molecule has 0 bridgehead atoms. The zero-order valence-electron chi connectivity index (χ0n) is 10.6. The van der Waals surface area contributed by atoms with Crippen LogP contribution in [0, 0.1) is 20.8 Å². The first kappa shape index (κ1) is 12.0. The molecule has 0 atom stereocenters. The summed E-state index contributed by atoms with van der Waals surface area (Å²) in [7, 11) is 1.70. The first-order chi connectivity index (χ1) is 8.02. The summed E-state index contributed by atoms with van der Waals surface area (Å²) in [6.45, 7) is 6.22. The van der Waals surface area contributed by atoms with E-state index in [0.717, 1.165) is 27.4 Å². The van der Waals surface area contributed by atoms with Gasteiger partial charge in [0.2, 0.25) is 0 Å². The zero-order valence-corrected chi connectivity index (χ0v) is 11.4. The fraction of sp³-hybridized carbons (Fsp3) is 0.286. The second-order valence-electron chi connectivity index (χ2n) is 4.30. The van der Waals surface area contributed by atoms with Crippen molar-refractivity contribution in [2.24, 2.45) is 0 Å². The predicted octanol–water partition coefficient (Wildman–Crippen LogP) is 3.93. The van der Waals surface area contributed by atoms with Crippen molar-refractivity contribution >= 4 is 16.3 Å². The van der Waals surface area contributed by atoms with Crippen LogP contribution in [0.2, 0.25) is 0 Å². The van der Waals surface area contributed by atoms with Crippen molar-refractivity contribution in [1.29, 1.82) is 0 Å². The SMILES string of the molecule is COc1c(C)cc(C)cc1-c1cc(C)sc1N. The Morgan fingerprint density at radius 1 is 1.06 bits per heavy atom. The molecular formula is C14H17NOS. The molecule has 2 aromatic rings. The Bertz CT molecular complexity index is 558. The van der Waals surface area contributed by atoms with Crippen molar-refractivity contribution in [3.05, 3.63) is 34.2 Å². The fourth-order valence-corrected chi connectivity index (χ4v) is 2.97. The predicted molar refractivity (Wildman–Crippen MR) is 74.9 cm³/mol. The van der Waals surface area contributed by atoms with Gasteiger partial charge in [0.05, 0.1) is 12.1 Å². The molecule has 1 aromatic heterocycles. The van der Waals surface area contributed by atoms with Crippen molar-refractivity contribution in [1.82, 2.24) is 0 Å². The van der Waals surface area contributed by atoms with Crippen LogP contribution >= 0.6 is 11.3 Å².